The van der Waals surface area contributed by atoms with Crippen molar-refractivity contribution in [3.8, 4) is 5.75 Å². The van der Waals surface area contributed by atoms with E-state index in [1.54, 1.807) is 0 Å². The van der Waals surface area contributed by atoms with Crippen LogP contribution in [0.4, 0.5) is 14.5 Å². The van der Waals surface area contributed by atoms with E-state index in [9.17, 15) is 17.2 Å². The van der Waals surface area contributed by atoms with Gasteiger partial charge in [0.1, 0.15) is 5.75 Å². The molecule has 0 aromatic heterocycles. The lowest BCUT2D eigenvalue weighted by molar-refractivity contribution is -0.0503. The van der Waals surface area contributed by atoms with Crippen LogP contribution < -0.4 is 10.5 Å². The van der Waals surface area contributed by atoms with Crippen molar-refractivity contribution >= 4 is 15.5 Å². The maximum absolute atomic E-state index is 12.0. The highest BCUT2D eigenvalue weighted by atomic mass is 32.2. The molecule has 1 aromatic rings. The van der Waals surface area contributed by atoms with Gasteiger partial charge in [0.15, 0.2) is 9.84 Å². The van der Waals surface area contributed by atoms with Crippen LogP contribution in [0.3, 0.4) is 0 Å². The zero-order valence-electron chi connectivity index (χ0n) is 10.5. The van der Waals surface area contributed by atoms with Crippen LogP contribution in [0.1, 0.15) is 19.4 Å². The molecule has 1 aromatic carbocycles. The number of nitrogen functional groups attached to an aromatic ring is 1. The fraction of sp³-hybridized carbons (Fsp3) is 0.455. The predicted molar refractivity (Wildman–Crippen MR) is 67.4 cm³/mol. The quantitative estimate of drug-likeness (QED) is 0.861. The lowest BCUT2D eigenvalue weighted by Crippen LogP contribution is -2.08. The molecule has 0 saturated carbocycles. The van der Waals surface area contributed by atoms with Crippen LogP contribution in [0.15, 0.2) is 18.2 Å². The molecular formula is C11H17F2NO3S. The summed E-state index contributed by atoms with van der Waals surface area (Å²) in [7, 11) is -3.33. The predicted octanol–water partition coefficient (Wildman–Crippen LogP) is 2.44. The van der Waals surface area contributed by atoms with Crippen molar-refractivity contribution in [3.63, 3.8) is 0 Å². The summed E-state index contributed by atoms with van der Waals surface area (Å²) in [6.07, 6.45) is 1.00. The van der Waals surface area contributed by atoms with Gasteiger partial charge in [0.2, 0.25) is 0 Å². The monoisotopic (exact) mass is 281 g/mol. The van der Waals surface area contributed by atoms with Crippen molar-refractivity contribution in [2.45, 2.75) is 26.2 Å². The molecule has 4 nitrogen and oxygen atoms in total. The zero-order chi connectivity index (χ0) is 14.3. The second kappa shape index (κ2) is 7.15. The molecule has 104 valence electrons. The minimum Gasteiger partial charge on any atom is -0.435 e. The third-order valence-corrected chi connectivity index (χ3v) is 2.55. The van der Waals surface area contributed by atoms with Gasteiger partial charge in [0.05, 0.1) is 5.75 Å². The Bertz CT molecular complexity index is 475. The summed E-state index contributed by atoms with van der Waals surface area (Å²) in [6.45, 7) is 1.00. The first-order valence-corrected chi connectivity index (χ1v) is 7.35. The highest BCUT2D eigenvalue weighted by Gasteiger charge is 2.14. The second-order valence-electron chi connectivity index (χ2n) is 3.32. The minimum absolute atomic E-state index is 0.128. The molecule has 0 atom stereocenters. The first kappa shape index (κ1) is 16.6. The van der Waals surface area contributed by atoms with Crippen LogP contribution in [0.5, 0.6) is 5.75 Å². The summed E-state index contributed by atoms with van der Waals surface area (Å²) >= 11 is 0. The molecule has 18 heavy (non-hydrogen) atoms. The Labute approximate surface area is 106 Å². The molecule has 0 aliphatic heterocycles. The van der Waals surface area contributed by atoms with E-state index in [1.165, 1.54) is 18.2 Å². The van der Waals surface area contributed by atoms with Crippen LogP contribution >= 0.6 is 0 Å². The number of halogens is 2. The average molecular weight is 281 g/mol. The van der Waals surface area contributed by atoms with E-state index in [-0.39, 0.29) is 17.1 Å². The number of anilines is 1. The van der Waals surface area contributed by atoms with Gasteiger partial charge >= 0.3 is 6.61 Å². The van der Waals surface area contributed by atoms with E-state index in [4.69, 9.17) is 5.73 Å². The number of ether oxygens (including phenoxy) is 1. The second-order valence-corrected chi connectivity index (χ2v) is 5.46. The van der Waals surface area contributed by atoms with Gasteiger partial charge in [-0.2, -0.15) is 8.78 Å². The van der Waals surface area contributed by atoms with Crippen LogP contribution in [0, 0.1) is 0 Å². The van der Waals surface area contributed by atoms with E-state index in [2.05, 4.69) is 4.74 Å². The van der Waals surface area contributed by atoms with Gasteiger partial charge in [0.25, 0.3) is 0 Å². The first-order valence-electron chi connectivity index (χ1n) is 5.29. The Kier molecular flexibility index (Phi) is 6.61. The van der Waals surface area contributed by atoms with Crippen molar-refractivity contribution in [1.29, 1.82) is 0 Å². The standard InChI is InChI=1S/C9H11F2NO3S.C2H6/c1-16(13,14)5-6-4-7(12)2-3-8(6)15-9(10)11;1-2/h2-4,9H,5,12H2,1H3;1-2H3. The summed E-state index contributed by atoms with van der Waals surface area (Å²) in [5.41, 5.74) is 5.86. The minimum atomic E-state index is -3.33. The number of nitrogens with two attached hydrogens (primary N) is 1. The molecular weight excluding hydrogens is 264 g/mol. The smallest absolute Gasteiger partial charge is 0.387 e. The fourth-order valence-corrected chi connectivity index (χ4v) is 2.00. The Hall–Kier alpha value is -1.37. The average Bonchev–Trinajstić information content (AvgIpc) is 2.22. The molecule has 7 heteroatoms. The summed E-state index contributed by atoms with van der Waals surface area (Å²) in [4.78, 5) is 0. The Balaban J connectivity index is 0.00000137. The highest BCUT2D eigenvalue weighted by molar-refractivity contribution is 7.89. The molecule has 1 rings (SSSR count). The molecule has 0 spiro atoms. The van der Waals surface area contributed by atoms with Crippen molar-refractivity contribution in [1.82, 2.24) is 0 Å². The van der Waals surface area contributed by atoms with Gasteiger partial charge < -0.3 is 10.5 Å². The van der Waals surface area contributed by atoms with Gasteiger partial charge in [-0.05, 0) is 18.2 Å². The van der Waals surface area contributed by atoms with Crippen molar-refractivity contribution in [3.05, 3.63) is 23.8 Å². The third kappa shape index (κ3) is 6.39. The van der Waals surface area contributed by atoms with Crippen molar-refractivity contribution in [2.24, 2.45) is 0 Å². The van der Waals surface area contributed by atoms with E-state index < -0.39 is 16.4 Å². The van der Waals surface area contributed by atoms with Gasteiger partial charge in [-0.3, -0.25) is 0 Å². The SMILES string of the molecule is CC.CS(=O)(=O)Cc1cc(N)ccc1OC(F)F. The number of hydrogen-bond acceptors (Lipinski definition) is 4. The highest BCUT2D eigenvalue weighted by Crippen LogP contribution is 2.24. The number of hydrogen-bond donors (Lipinski definition) is 1. The van der Waals surface area contributed by atoms with Crippen LogP contribution in [0.2, 0.25) is 0 Å². The normalized spacial score (nSPS) is 10.8. The molecule has 0 saturated heterocycles. The molecule has 0 unspecified atom stereocenters. The summed E-state index contributed by atoms with van der Waals surface area (Å²) in [6, 6.07) is 3.89. The third-order valence-electron chi connectivity index (χ3n) is 1.72. The maximum atomic E-state index is 12.0. The molecule has 0 aliphatic rings. The summed E-state index contributed by atoms with van der Waals surface area (Å²) in [5, 5.41) is 0. The van der Waals surface area contributed by atoms with Crippen molar-refractivity contribution in [2.75, 3.05) is 12.0 Å². The number of rotatable bonds is 4. The molecule has 0 aliphatic carbocycles. The topological polar surface area (TPSA) is 69.4 Å². The van der Waals surface area contributed by atoms with Gasteiger partial charge in [-0.1, -0.05) is 13.8 Å². The zero-order valence-corrected chi connectivity index (χ0v) is 11.3. The summed E-state index contributed by atoms with van der Waals surface area (Å²) < 4.78 is 50.4. The first-order chi connectivity index (χ1) is 8.28. The number of benzene rings is 1. The van der Waals surface area contributed by atoms with Gasteiger partial charge in [-0.25, -0.2) is 8.42 Å². The molecule has 0 radical (unpaired) electrons. The van der Waals surface area contributed by atoms with Crippen LogP contribution in [0.25, 0.3) is 0 Å². The molecule has 0 amide bonds. The van der Waals surface area contributed by atoms with Crippen LogP contribution in [-0.4, -0.2) is 21.3 Å². The van der Waals surface area contributed by atoms with E-state index >= 15 is 0 Å². The van der Waals surface area contributed by atoms with E-state index in [1.807, 2.05) is 13.8 Å². The Morgan fingerprint density at radius 3 is 2.33 bits per heavy atom. The number of alkyl halides is 2. The lowest BCUT2D eigenvalue weighted by Gasteiger charge is -2.10. The maximum Gasteiger partial charge on any atom is 0.387 e. The summed E-state index contributed by atoms with van der Waals surface area (Å²) in [5.74, 6) is -0.560. The van der Waals surface area contributed by atoms with E-state index in [0.717, 1.165) is 6.26 Å². The van der Waals surface area contributed by atoms with Gasteiger partial charge in [0, 0.05) is 17.5 Å². The molecule has 0 heterocycles. The number of sulfone groups is 1. The van der Waals surface area contributed by atoms with Crippen LogP contribution in [-0.2, 0) is 15.6 Å². The van der Waals surface area contributed by atoms with E-state index in [0.29, 0.717) is 5.69 Å². The molecule has 0 fully saturated rings. The van der Waals surface area contributed by atoms with Gasteiger partial charge in [-0.15, -0.1) is 0 Å². The largest absolute Gasteiger partial charge is 0.435 e. The lowest BCUT2D eigenvalue weighted by atomic mass is 10.2. The Morgan fingerprint density at radius 1 is 1.33 bits per heavy atom. The fourth-order valence-electron chi connectivity index (χ4n) is 1.21. The molecule has 0 bridgehead atoms. The Morgan fingerprint density at radius 2 is 1.89 bits per heavy atom. The van der Waals surface area contributed by atoms with Crippen molar-refractivity contribution < 1.29 is 21.9 Å². The molecule has 2 N–H and O–H groups in total.